The van der Waals surface area contributed by atoms with Crippen LogP contribution in [0, 0.1) is 0 Å². The van der Waals surface area contributed by atoms with Crippen molar-refractivity contribution in [2.75, 3.05) is 5.32 Å². The molecule has 0 aliphatic rings. The van der Waals surface area contributed by atoms with Crippen molar-refractivity contribution in [2.45, 2.75) is 0 Å². The summed E-state index contributed by atoms with van der Waals surface area (Å²) < 4.78 is 2.40. The summed E-state index contributed by atoms with van der Waals surface area (Å²) in [5.74, 6) is -0.202. The van der Waals surface area contributed by atoms with E-state index in [4.69, 9.17) is 11.6 Å². The van der Waals surface area contributed by atoms with E-state index >= 15 is 0 Å². The third kappa shape index (κ3) is 3.81. The molecular formula is C13H7Br3ClNO. The Morgan fingerprint density at radius 3 is 2.37 bits per heavy atom. The monoisotopic (exact) mass is 465 g/mol. The smallest absolute Gasteiger partial charge is 0.256 e. The van der Waals surface area contributed by atoms with Crippen molar-refractivity contribution in [2.24, 2.45) is 0 Å². The number of nitrogens with one attached hydrogen (secondary N) is 1. The molecule has 0 fully saturated rings. The van der Waals surface area contributed by atoms with Crippen LogP contribution in [0.4, 0.5) is 5.69 Å². The normalized spacial score (nSPS) is 10.3. The van der Waals surface area contributed by atoms with E-state index in [9.17, 15) is 4.79 Å². The highest BCUT2D eigenvalue weighted by molar-refractivity contribution is 9.11. The molecule has 0 spiro atoms. The topological polar surface area (TPSA) is 29.1 Å². The van der Waals surface area contributed by atoms with Crippen molar-refractivity contribution in [3.63, 3.8) is 0 Å². The highest BCUT2D eigenvalue weighted by Gasteiger charge is 2.12. The minimum atomic E-state index is -0.202. The molecule has 98 valence electrons. The molecule has 1 amide bonds. The Balaban J connectivity index is 2.25. The molecule has 0 bridgehead atoms. The lowest BCUT2D eigenvalue weighted by molar-refractivity contribution is 0.102. The fraction of sp³-hybridized carbons (Fsp3) is 0. The van der Waals surface area contributed by atoms with Crippen molar-refractivity contribution < 1.29 is 4.79 Å². The van der Waals surface area contributed by atoms with Gasteiger partial charge in [-0.3, -0.25) is 4.79 Å². The Morgan fingerprint density at radius 1 is 1.00 bits per heavy atom. The molecule has 2 nitrogen and oxygen atoms in total. The number of carbonyl (C=O) groups excluding carboxylic acids is 1. The second kappa shape index (κ2) is 6.39. The first-order chi connectivity index (χ1) is 8.97. The van der Waals surface area contributed by atoms with Gasteiger partial charge in [-0.1, -0.05) is 27.5 Å². The van der Waals surface area contributed by atoms with Gasteiger partial charge in [-0.15, -0.1) is 0 Å². The maximum atomic E-state index is 12.2. The highest BCUT2D eigenvalue weighted by Crippen LogP contribution is 2.28. The summed E-state index contributed by atoms with van der Waals surface area (Å²) in [6.07, 6.45) is 0. The number of carbonyl (C=O) groups is 1. The van der Waals surface area contributed by atoms with Gasteiger partial charge >= 0.3 is 0 Å². The second-order valence-electron chi connectivity index (χ2n) is 3.70. The van der Waals surface area contributed by atoms with Crippen molar-refractivity contribution in [1.29, 1.82) is 0 Å². The van der Waals surface area contributed by atoms with Gasteiger partial charge in [0.05, 0.1) is 11.3 Å². The molecule has 6 heteroatoms. The fourth-order valence-electron chi connectivity index (χ4n) is 1.45. The van der Waals surface area contributed by atoms with Crippen LogP contribution in [0.3, 0.4) is 0 Å². The van der Waals surface area contributed by atoms with Crippen LogP contribution >= 0.6 is 59.4 Å². The lowest BCUT2D eigenvalue weighted by Gasteiger charge is -2.09. The Kier molecular flexibility index (Phi) is 5.06. The van der Waals surface area contributed by atoms with Gasteiger partial charge in [0, 0.05) is 18.4 Å². The van der Waals surface area contributed by atoms with E-state index in [0.29, 0.717) is 20.7 Å². The summed E-state index contributed by atoms with van der Waals surface area (Å²) in [6, 6.07) is 10.6. The molecule has 0 saturated heterocycles. The third-order valence-electron chi connectivity index (χ3n) is 2.36. The first-order valence-corrected chi connectivity index (χ1v) is 7.94. The van der Waals surface area contributed by atoms with E-state index in [1.54, 1.807) is 18.2 Å². The highest BCUT2D eigenvalue weighted by atomic mass is 79.9. The van der Waals surface area contributed by atoms with Crippen LogP contribution in [0.1, 0.15) is 10.4 Å². The number of hydrogen-bond donors (Lipinski definition) is 1. The quantitative estimate of drug-likeness (QED) is 0.586. The zero-order chi connectivity index (χ0) is 14.0. The minimum absolute atomic E-state index is 0.202. The summed E-state index contributed by atoms with van der Waals surface area (Å²) in [5, 5.41) is 3.41. The Morgan fingerprint density at radius 2 is 1.74 bits per heavy atom. The fourth-order valence-corrected chi connectivity index (χ4v) is 3.46. The SMILES string of the molecule is O=C(Nc1ccc(Br)cc1Br)c1ccc(Cl)cc1Br. The van der Waals surface area contributed by atoms with Gasteiger partial charge in [0.1, 0.15) is 0 Å². The van der Waals surface area contributed by atoms with E-state index in [2.05, 4.69) is 53.1 Å². The average molecular weight is 468 g/mol. The summed E-state index contributed by atoms with van der Waals surface area (Å²) in [4.78, 5) is 12.2. The van der Waals surface area contributed by atoms with Gasteiger partial charge in [0.2, 0.25) is 0 Å². The molecule has 0 aliphatic heterocycles. The van der Waals surface area contributed by atoms with Crippen LogP contribution in [-0.4, -0.2) is 5.91 Å². The minimum Gasteiger partial charge on any atom is -0.321 e. The lowest BCUT2D eigenvalue weighted by Crippen LogP contribution is -2.12. The molecule has 0 heterocycles. The lowest BCUT2D eigenvalue weighted by atomic mass is 10.2. The molecule has 0 atom stereocenters. The number of anilines is 1. The number of amides is 1. The van der Waals surface area contributed by atoms with Gasteiger partial charge in [-0.2, -0.15) is 0 Å². The summed E-state index contributed by atoms with van der Waals surface area (Å²) in [5.41, 5.74) is 1.23. The molecule has 2 rings (SSSR count). The van der Waals surface area contributed by atoms with Crippen LogP contribution in [-0.2, 0) is 0 Å². The van der Waals surface area contributed by atoms with Gasteiger partial charge in [0.25, 0.3) is 5.91 Å². The summed E-state index contributed by atoms with van der Waals surface area (Å²) in [6.45, 7) is 0. The van der Waals surface area contributed by atoms with Crippen LogP contribution in [0.15, 0.2) is 49.8 Å². The number of hydrogen-bond acceptors (Lipinski definition) is 1. The van der Waals surface area contributed by atoms with Crippen LogP contribution < -0.4 is 5.32 Å². The standard InChI is InChI=1S/C13H7Br3ClNO/c14-7-1-4-12(11(16)5-7)18-13(19)9-3-2-8(17)6-10(9)15/h1-6H,(H,18,19). The van der Waals surface area contributed by atoms with Crippen LogP contribution in [0.5, 0.6) is 0 Å². The Bertz CT molecular complexity index is 646. The first kappa shape index (κ1) is 15.0. The molecule has 0 aromatic heterocycles. The molecule has 1 N–H and O–H groups in total. The van der Waals surface area contributed by atoms with Gasteiger partial charge in [0.15, 0.2) is 0 Å². The van der Waals surface area contributed by atoms with Crippen molar-refractivity contribution in [3.8, 4) is 0 Å². The molecule has 0 radical (unpaired) electrons. The number of rotatable bonds is 2. The van der Waals surface area contributed by atoms with E-state index in [1.807, 2.05) is 18.2 Å². The van der Waals surface area contributed by atoms with Crippen LogP contribution in [0.25, 0.3) is 0 Å². The zero-order valence-corrected chi connectivity index (χ0v) is 14.9. The van der Waals surface area contributed by atoms with E-state index in [-0.39, 0.29) is 5.91 Å². The summed E-state index contributed by atoms with van der Waals surface area (Å²) in [7, 11) is 0. The molecule has 0 unspecified atom stereocenters. The van der Waals surface area contributed by atoms with Crippen molar-refractivity contribution >= 4 is 71.0 Å². The molecule has 2 aromatic rings. The molecular weight excluding hydrogens is 461 g/mol. The average Bonchev–Trinajstić information content (AvgIpc) is 2.32. The van der Waals surface area contributed by atoms with E-state index in [0.717, 1.165) is 8.95 Å². The predicted molar refractivity (Wildman–Crippen MR) is 88.9 cm³/mol. The maximum Gasteiger partial charge on any atom is 0.256 e. The molecule has 2 aromatic carbocycles. The van der Waals surface area contributed by atoms with Gasteiger partial charge in [-0.25, -0.2) is 0 Å². The molecule has 19 heavy (non-hydrogen) atoms. The van der Waals surface area contributed by atoms with Gasteiger partial charge < -0.3 is 5.32 Å². The Hall–Kier alpha value is -0.360. The van der Waals surface area contributed by atoms with Crippen molar-refractivity contribution in [3.05, 3.63) is 60.4 Å². The van der Waals surface area contributed by atoms with E-state index in [1.165, 1.54) is 0 Å². The number of benzene rings is 2. The summed E-state index contributed by atoms with van der Waals surface area (Å²) >= 11 is 15.9. The van der Waals surface area contributed by atoms with Crippen molar-refractivity contribution in [1.82, 2.24) is 0 Å². The second-order valence-corrected chi connectivity index (χ2v) is 6.76. The first-order valence-electron chi connectivity index (χ1n) is 5.19. The van der Waals surface area contributed by atoms with Crippen LogP contribution in [0.2, 0.25) is 5.02 Å². The predicted octanol–water partition coefficient (Wildman–Crippen LogP) is 5.88. The maximum absolute atomic E-state index is 12.2. The molecule has 0 saturated carbocycles. The largest absolute Gasteiger partial charge is 0.321 e. The zero-order valence-electron chi connectivity index (χ0n) is 9.38. The third-order valence-corrected chi connectivity index (χ3v) is 4.40. The Labute approximate surface area is 140 Å². The van der Waals surface area contributed by atoms with Gasteiger partial charge in [-0.05, 0) is 68.3 Å². The molecule has 0 aliphatic carbocycles. The number of halogens is 4. The van der Waals surface area contributed by atoms with E-state index < -0.39 is 0 Å².